The summed E-state index contributed by atoms with van der Waals surface area (Å²) in [5, 5.41) is 3.25. The Bertz CT molecular complexity index is 669. The van der Waals surface area contributed by atoms with E-state index in [2.05, 4.69) is 5.32 Å². The van der Waals surface area contributed by atoms with Gasteiger partial charge in [-0.2, -0.15) is 0 Å². The van der Waals surface area contributed by atoms with Gasteiger partial charge >= 0.3 is 0 Å². The number of nitrogens with one attached hydrogen (secondary N) is 1. The summed E-state index contributed by atoms with van der Waals surface area (Å²) in [6.45, 7) is 0.417. The lowest BCUT2D eigenvalue weighted by molar-refractivity contribution is -0.130. The number of fused-ring (bicyclic) bond motifs is 1. The molecule has 1 N–H and O–H groups in total. The maximum atomic E-state index is 13.4. The Morgan fingerprint density at radius 3 is 2.52 bits per heavy atom. The van der Waals surface area contributed by atoms with Crippen LogP contribution in [0.3, 0.4) is 0 Å². The van der Waals surface area contributed by atoms with Crippen molar-refractivity contribution >= 4 is 11.8 Å². The second-order valence-electron chi connectivity index (χ2n) is 7.82. The van der Waals surface area contributed by atoms with Crippen molar-refractivity contribution < 1.29 is 14.0 Å². The van der Waals surface area contributed by atoms with E-state index in [1.807, 2.05) is 4.90 Å². The zero-order chi connectivity index (χ0) is 17.4. The number of halogens is 1. The molecule has 0 spiro atoms. The molecule has 0 bridgehead atoms. The standard InChI is InChI=1S/C20H25FN2O2/c21-15-8-6-14(7-9-15)20(12-17-10-11-18(24)23(17)13-20)19(25)22-16-4-2-1-3-5-16/h6-9,16-17H,1-5,10-13H2,(H,22,25)/t17-,20-/m0/s1. The summed E-state index contributed by atoms with van der Waals surface area (Å²) in [7, 11) is 0. The number of benzene rings is 1. The van der Waals surface area contributed by atoms with E-state index in [-0.39, 0.29) is 29.7 Å². The highest BCUT2D eigenvalue weighted by Gasteiger charge is 2.53. The fourth-order valence-corrected chi connectivity index (χ4v) is 4.82. The Balaban J connectivity index is 1.63. The summed E-state index contributed by atoms with van der Waals surface area (Å²) < 4.78 is 13.4. The molecule has 2 heterocycles. The minimum atomic E-state index is -0.744. The van der Waals surface area contributed by atoms with Crippen molar-refractivity contribution in [3.63, 3.8) is 0 Å². The molecule has 0 aromatic heterocycles. The van der Waals surface area contributed by atoms with E-state index in [9.17, 15) is 14.0 Å². The number of nitrogens with zero attached hydrogens (tertiary/aromatic N) is 1. The SMILES string of the molecule is O=C1CC[C@H]2C[C@@](C(=O)NC3CCCCC3)(c3ccc(F)cc3)CN12. The van der Waals surface area contributed by atoms with Crippen molar-refractivity contribution in [1.29, 1.82) is 0 Å². The van der Waals surface area contributed by atoms with E-state index in [1.165, 1.54) is 18.6 Å². The molecule has 0 radical (unpaired) electrons. The van der Waals surface area contributed by atoms with Crippen molar-refractivity contribution in [3.05, 3.63) is 35.6 Å². The third kappa shape index (κ3) is 2.94. The van der Waals surface area contributed by atoms with Gasteiger partial charge in [0.15, 0.2) is 0 Å². The number of amides is 2. The van der Waals surface area contributed by atoms with Gasteiger partial charge < -0.3 is 10.2 Å². The lowest BCUT2D eigenvalue weighted by Crippen LogP contribution is -2.50. The molecule has 3 fully saturated rings. The zero-order valence-corrected chi connectivity index (χ0v) is 14.5. The predicted octanol–water partition coefficient (Wildman–Crippen LogP) is 2.91. The Kier molecular flexibility index (Phi) is 4.26. The van der Waals surface area contributed by atoms with Gasteiger partial charge in [-0.3, -0.25) is 9.59 Å². The van der Waals surface area contributed by atoms with Gasteiger partial charge in [-0.15, -0.1) is 0 Å². The first-order valence-electron chi connectivity index (χ1n) is 9.45. The molecule has 2 aliphatic heterocycles. The smallest absolute Gasteiger partial charge is 0.232 e. The molecule has 3 aliphatic rings. The summed E-state index contributed by atoms with van der Waals surface area (Å²) in [5.41, 5.74) is 0.0794. The fourth-order valence-electron chi connectivity index (χ4n) is 4.82. The summed E-state index contributed by atoms with van der Waals surface area (Å²) in [6, 6.07) is 6.61. The van der Waals surface area contributed by atoms with E-state index in [0.29, 0.717) is 19.4 Å². The van der Waals surface area contributed by atoms with Gasteiger partial charge in [0, 0.05) is 25.0 Å². The van der Waals surface area contributed by atoms with E-state index in [0.717, 1.165) is 37.7 Å². The van der Waals surface area contributed by atoms with Gasteiger partial charge in [0.1, 0.15) is 5.82 Å². The minimum Gasteiger partial charge on any atom is -0.353 e. The van der Waals surface area contributed by atoms with Crippen molar-refractivity contribution in [2.75, 3.05) is 6.54 Å². The zero-order valence-electron chi connectivity index (χ0n) is 14.5. The van der Waals surface area contributed by atoms with E-state index < -0.39 is 5.41 Å². The van der Waals surface area contributed by atoms with E-state index in [4.69, 9.17) is 0 Å². The van der Waals surface area contributed by atoms with Crippen LogP contribution in [-0.4, -0.2) is 35.3 Å². The van der Waals surface area contributed by atoms with E-state index in [1.54, 1.807) is 12.1 Å². The largest absolute Gasteiger partial charge is 0.353 e. The maximum absolute atomic E-state index is 13.4. The highest BCUT2D eigenvalue weighted by atomic mass is 19.1. The average Bonchev–Trinajstić information content (AvgIpc) is 3.16. The van der Waals surface area contributed by atoms with Gasteiger partial charge in [0.25, 0.3) is 0 Å². The monoisotopic (exact) mass is 344 g/mol. The quantitative estimate of drug-likeness (QED) is 0.917. The average molecular weight is 344 g/mol. The molecule has 2 amide bonds. The van der Waals surface area contributed by atoms with Gasteiger partial charge in [0.2, 0.25) is 11.8 Å². The van der Waals surface area contributed by atoms with Crippen molar-refractivity contribution in [2.45, 2.75) is 68.9 Å². The summed E-state index contributed by atoms with van der Waals surface area (Å²) in [5.74, 6) is -0.158. The van der Waals surface area contributed by atoms with Gasteiger partial charge in [0.05, 0.1) is 5.41 Å². The van der Waals surface area contributed by atoms with Crippen LogP contribution in [0.1, 0.15) is 56.9 Å². The molecule has 134 valence electrons. The minimum absolute atomic E-state index is 0.00760. The number of rotatable bonds is 3. The van der Waals surface area contributed by atoms with Gasteiger partial charge in [-0.25, -0.2) is 4.39 Å². The topological polar surface area (TPSA) is 49.4 Å². The number of hydrogen-bond acceptors (Lipinski definition) is 2. The van der Waals surface area contributed by atoms with Gasteiger partial charge in [-0.1, -0.05) is 31.4 Å². The summed E-state index contributed by atoms with van der Waals surface area (Å²) in [4.78, 5) is 27.4. The van der Waals surface area contributed by atoms with Crippen LogP contribution in [-0.2, 0) is 15.0 Å². The molecular formula is C20H25FN2O2. The van der Waals surface area contributed by atoms with Crippen LogP contribution in [0.4, 0.5) is 4.39 Å². The van der Waals surface area contributed by atoms with Crippen LogP contribution in [0.25, 0.3) is 0 Å². The first kappa shape index (κ1) is 16.6. The molecule has 2 atom stereocenters. The molecule has 1 aromatic rings. The van der Waals surface area contributed by atoms with Crippen LogP contribution in [0.15, 0.2) is 24.3 Å². The van der Waals surface area contributed by atoms with Crippen molar-refractivity contribution in [3.8, 4) is 0 Å². The highest BCUT2D eigenvalue weighted by Crippen LogP contribution is 2.43. The third-order valence-electron chi connectivity index (χ3n) is 6.25. The molecule has 1 aliphatic carbocycles. The molecule has 1 saturated carbocycles. The molecule has 4 nitrogen and oxygen atoms in total. The number of hydrogen-bond donors (Lipinski definition) is 1. The third-order valence-corrected chi connectivity index (χ3v) is 6.25. The van der Waals surface area contributed by atoms with Crippen molar-refractivity contribution in [1.82, 2.24) is 10.2 Å². The Hall–Kier alpha value is -1.91. The number of carbonyl (C=O) groups excluding carboxylic acids is 2. The lowest BCUT2D eigenvalue weighted by atomic mass is 9.76. The summed E-state index contributed by atoms with van der Waals surface area (Å²) in [6.07, 6.45) is 7.63. The molecule has 25 heavy (non-hydrogen) atoms. The molecule has 5 heteroatoms. The molecule has 1 aromatic carbocycles. The van der Waals surface area contributed by atoms with Crippen LogP contribution in [0, 0.1) is 5.82 Å². The van der Waals surface area contributed by atoms with Crippen molar-refractivity contribution in [2.24, 2.45) is 0 Å². The predicted molar refractivity (Wildman–Crippen MR) is 92.4 cm³/mol. The van der Waals surface area contributed by atoms with Crippen LogP contribution < -0.4 is 5.32 Å². The van der Waals surface area contributed by atoms with Crippen LogP contribution in [0.5, 0.6) is 0 Å². The second kappa shape index (κ2) is 6.43. The highest BCUT2D eigenvalue weighted by molar-refractivity contribution is 5.91. The first-order chi connectivity index (χ1) is 12.1. The Morgan fingerprint density at radius 2 is 1.84 bits per heavy atom. The van der Waals surface area contributed by atoms with Crippen LogP contribution in [0.2, 0.25) is 0 Å². The molecular weight excluding hydrogens is 319 g/mol. The van der Waals surface area contributed by atoms with Gasteiger partial charge in [-0.05, 0) is 43.4 Å². The summed E-state index contributed by atoms with van der Waals surface area (Å²) >= 11 is 0. The Labute approximate surface area is 147 Å². The molecule has 0 unspecified atom stereocenters. The maximum Gasteiger partial charge on any atom is 0.232 e. The Morgan fingerprint density at radius 1 is 1.12 bits per heavy atom. The second-order valence-corrected chi connectivity index (χ2v) is 7.82. The fraction of sp³-hybridized carbons (Fsp3) is 0.600. The normalized spacial score (nSPS) is 29.7. The lowest BCUT2D eigenvalue weighted by Gasteiger charge is -2.32. The molecule has 4 rings (SSSR count). The molecule has 2 saturated heterocycles. The van der Waals surface area contributed by atoms with E-state index >= 15 is 0 Å². The van der Waals surface area contributed by atoms with Crippen LogP contribution >= 0.6 is 0 Å². The number of carbonyl (C=O) groups is 2. The first-order valence-corrected chi connectivity index (χ1v) is 9.45.